The number of anilines is 1. The molecule has 0 atom stereocenters. The lowest BCUT2D eigenvalue weighted by Crippen LogP contribution is -1.97. The number of unbranched alkanes of at least 4 members (excludes halogenated alkanes) is 1. The number of ketones is 1. The van der Waals surface area contributed by atoms with Gasteiger partial charge >= 0.3 is 0 Å². The number of hydrogen-bond acceptors (Lipinski definition) is 3. The lowest BCUT2D eigenvalue weighted by molar-refractivity contribution is 0.101. The van der Waals surface area contributed by atoms with E-state index in [0.29, 0.717) is 22.4 Å². The maximum atomic E-state index is 11.0. The Labute approximate surface area is 149 Å². The third-order valence-corrected chi connectivity index (χ3v) is 3.82. The van der Waals surface area contributed by atoms with Crippen molar-refractivity contribution < 1.29 is 9.59 Å². The van der Waals surface area contributed by atoms with Crippen molar-refractivity contribution in [3.63, 3.8) is 0 Å². The minimum absolute atomic E-state index is 0.153. The summed E-state index contributed by atoms with van der Waals surface area (Å²) in [5.41, 5.74) is 3.38. The van der Waals surface area contributed by atoms with Crippen LogP contribution < -0.4 is 5.32 Å². The Morgan fingerprint density at radius 3 is 2.33 bits per heavy atom. The second kappa shape index (κ2) is 10.6. The number of halogens is 1. The van der Waals surface area contributed by atoms with Crippen LogP contribution in [0.2, 0.25) is 5.02 Å². The van der Waals surface area contributed by atoms with E-state index in [1.165, 1.54) is 49.6 Å². The van der Waals surface area contributed by atoms with Crippen molar-refractivity contribution in [2.45, 2.75) is 33.1 Å². The summed E-state index contributed by atoms with van der Waals surface area (Å²) < 4.78 is 0. The molecule has 0 unspecified atom stereocenters. The van der Waals surface area contributed by atoms with Gasteiger partial charge in [-0.25, -0.2) is 0 Å². The molecule has 128 valence electrons. The fourth-order valence-electron chi connectivity index (χ4n) is 2.16. The Bertz CT molecular complexity index is 666. The standard InChI is InChI=1S/C11H17N.C9H7ClO2/c1-3-4-5-10-6-8-11(12-2)9-7-10;1-6(12)9-4-8(10)3-2-7(9)5-11/h6-9,12H,3-5H2,1-2H3;2-5H,1H3. The lowest BCUT2D eigenvalue weighted by atomic mass is 10.1. The summed E-state index contributed by atoms with van der Waals surface area (Å²) in [6.07, 6.45) is 4.42. The van der Waals surface area contributed by atoms with E-state index in [0.717, 1.165) is 0 Å². The predicted octanol–water partition coefficient (Wildman–Crippen LogP) is 5.43. The van der Waals surface area contributed by atoms with Crippen LogP contribution in [-0.2, 0) is 6.42 Å². The molecule has 2 rings (SSSR count). The molecule has 0 saturated carbocycles. The van der Waals surface area contributed by atoms with E-state index in [1.54, 1.807) is 6.07 Å². The number of aldehydes is 1. The summed E-state index contributed by atoms with van der Waals surface area (Å²) in [7, 11) is 1.95. The molecule has 0 heterocycles. The number of carbonyl (C=O) groups excluding carboxylic acids is 2. The van der Waals surface area contributed by atoms with Crippen LogP contribution in [0.1, 0.15) is 53.0 Å². The van der Waals surface area contributed by atoms with Gasteiger partial charge < -0.3 is 5.32 Å². The third kappa shape index (κ3) is 6.55. The molecule has 0 aliphatic heterocycles. The maximum Gasteiger partial charge on any atom is 0.160 e. The van der Waals surface area contributed by atoms with Gasteiger partial charge in [-0.2, -0.15) is 0 Å². The number of aryl methyl sites for hydroxylation is 1. The summed E-state index contributed by atoms with van der Waals surface area (Å²) in [5.74, 6) is -0.153. The molecule has 1 N–H and O–H groups in total. The SMILES string of the molecule is CC(=O)c1cc(Cl)ccc1C=O.CCCCc1ccc(NC)cc1. The molecule has 2 aromatic rings. The van der Waals surface area contributed by atoms with Gasteiger partial charge in [0.15, 0.2) is 12.1 Å². The monoisotopic (exact) mass is 345 g/mol. The van der Waals surface area contributed by atoms with Crippen LogP contribution in [0.25, 0.3) is 0 Å². The summed E-state index contributed by atoms with van der Waals surface area (Å²) in [6, 6.07) is 13.3. The fourth-order valence-corrected chi connectivity index (χ4v) is 2.33. The van der Waals surface area contributed by atoms with Gasteiger partial charge in [-0.05, 0) is 55.7 Å². The highest BCUT2D eigenvalue weighted by molar-refractivity contribution is 6.31. The lowest BCUT2D eigenvalue weighted by Gasteiger charge is -2.02. The summed E-state index contributed by atoms with van der Waals surface area (Å²) in [6.45, 7) is 3.63. The van der Waals surface area contributed by atoms with Gasteiger partial charge in [-0.1, -0.05) is 37.1 Å². The van der Waals surface area contributed by atoms with Crippen molar-refractivity contribution in [1.82, 2.24) is 0 Å². The van der Waals surface area contributed by atoms with E-state index in [9.17, 15) is 9.59 Å². The summed E-state index contributed by atoms with van der Waals surface area (Å²) in [4.78, 5) is 21.4. The molecule has 0 amide bonds. The van der Waals surface area contributed by atoms with Gasteiger partial charge in [0.05, 0.1) is 0 Å². The highest BCUT2D eigenvalue weighted by atomic mass is 35.5. The highest BCUT2D eigenvalue weighted by Crippen LogP contribution is 2.15. The first-order valence-corrected chi connectivity index (χ1v) is 8.42. The first-order chi connectivity index (χ1) is 11.5. The predicted molar refractivity (Wildman–Crippen MR) is 101 cm³/mol. The van der Waals surface area contributed by atoms with E-state index in [-0.39, 0.29) is 5.78 Å². The van der Waals surface area contributed by atoms with Crippen molar-refractivity contribution in [2.75, 3.05) is 12.4 Å². The van der Waals surface area contributed by atoms with Crippen molar-refractivity contribution in [2.24, 2.45) is 0 Å². The van der Waals surface area contributed by atoms with Crippen LogP contribution in [0.15, 0.2) is 42.5 Å². The minimum Gasteiger partial charge on any atom is -0.388 e. The Kier molecular flexibility index (Phi) is 8.80. The van der Waals surface area contributed by atoms with Gasteiger partial charge in [0.25, 0.3) is 0 Å². The van der Waals surface area contributed by atoms with E-state index in [2.05, 4.69) is 36.5 Å². The van der Waals surface area contributed by atoms with Crippen molar-refractivity contribution in [3.8, 4) is 0 Å². The number of benzene rings is 2. The fraction of sp³-hybridized carbons (Fsp3) is 0.300. The summed E-state index contributed by atoms with van der Waals surface area (Å²) >= 11 is 5.65. The van der Waals surface area contributed by atoms with Crippen molar-refractivity contribution >= 4 is 29.4 Å². The van der Waals surface area contributed by atoms with E-state index in [4.69, 9.17) is 11.6 Å². The number of rotatable bonds is 6. The van der Waals surface area contributed by atoms with Crippen LogP contribution in [0, 0.1) is 0 Å². The molecule has 4 heteroatoms. The Morgan fingerprint density at radius 1 is 1.17 bits per heavy atom. The molecule has 0 aromatic heterocycles. The smallest absolute Gasteiger partial charge is 0.160 e. The van der Waals surface area contributed by atoms with Gasteiger partial charge in [0, 0.05) is 28.9 Å². The van der Waals surface area contributed by atoms with Crippen molar-refractivity contribution in [1.29, 1.82) is 0 Å². The second-order valence-electron chi connectivity index (χ2n) is 5.46. The van der Waals surface area contributed by atoms with Crippen LogP contribution in [0.4, 0.5) is 5.69 Å². The van der Waals surface area contributed by atoms with Gasteiger partial charge in [0.2, 0.25) is 0 Å². The molecule has 3 nitrogen and oxygen atoms in total. The van der Waals surface area contributed by atoms with Crippen molar-refractivity contribution in [3.05, 3.63) is 64.2 Å². The topological polar surface area (TPSA) is 46.2 Å². The molecule has 0 aliphatic carbocycles. The zero-order valence-electron chi connectivity index (χ0n) is 14.4. The average Bonchev–Trinajstić information content (AvgIpc) is 2.60. The number of Topliss-reactive ketones (excluding diaryl/α,β-unsaturated/α-hetero) is 1. The first kappa shape index (κ1) is 19.9. The Hall–Kier alpha value is -2.13. The zero-order valence-corrected chi connectivity index (χ0v) is 15.2. The molecule has 2 aromatic carbocycles. The third-order valence-electron chi connectivity index (χ3n) is 3.58. The number of nitrogens with one attached hydrogen (secondary N) is 1. The molecule has 0 aliphatic rings. The van der Waals surface area contributed by atoms with E-state index >= 15 is 0 Å². The molecule has 0 radical (unpaired) electrons. The molecule has 0 saturated heterocycles. The Balaban J connectivity index is 0.000000240. The van der Waals surface area contributed by atoms with Gasteiger partial charge in [0.1, 0.15) is 0 Å². The number of hydrogen-bond donors (Lipinski definition) is 1. The van der Waals surface area contributed by atoms with Crippen LogP contribution in [0.5, 0.6) is 0 Å². The minimum atomic E-state index is -0.153. The molecule has 24 heavy (non-hydrogen) atoms. The van der Waals surface area contributed by atoms with Crippen LogP contribution in [-0.4, -0.2) is 19.1 Å². The van der Waals surface area contributed by atoms with E-state index in [1.807, 2.05) is 7.05 Å². The molecule has 0 spiro atoms. The average molecular weight is 346 g/mol. The van der Waals surface area contributed by atoms with Gasteiger partial charge in [-0.15, -0.1) is 0 Å². The highest BCUT2D eigenvalue weighted by Gasteiger charge is 2.06. The molecular formula is C20H24ClNO2. The van der Waals surface area contributed by atoms with Gasteiger partial charge in [-0.3, -0.25) is 9.59 Å². The molecular weight excluding hydrogens is 322 g/mol. The van der Waals surface area contributed by atoms with E-state index < -0.39 is 0 Å². The quantitative estimate of drug-likeness (QED) is 0.561. The molecule has 0 fully saturated rings. The molecule has 0 bridgehead atoms. The first-order valence-electron chi connectivity index (χ1n) is 8.04. The maximum absolute atomic E-state index is 11.0. The summed E-state index contributed by atoms with van der Waals surface area (Å²) in [5, 5.41) is 3.57. The van der Waals surface area contributed by atoms with Crippen LogP contribution in [0.3, 0.4) is 0 Å². The van der Waals surface area contributed by atoms with Crippen LogP contribution >= 0.6 is 11.6 Å². The normalized spacial score (nSPS) is 9.67. The number of carbonyl (C=O) groups is 2. The zero-order chi connectivity index (χ0) is 17.9. The largest absolute Gasteiger partial charge is 0.388 e. The second-order valence-corrected chi connectivity index (χ2v) is 5.89. The Morgan fingerprint density at radius 2 is 1.83 bits per heavy atom.